The van der Waals surface area contributed by atoms with Gasteiger partial charge >= 0.3 is 5.97 Å². The molecule has 0 rings (SSSR count). The average Bonchev–Trinajstić information content (AvgIpc) is 2.21. The fourth-order valence-electron chi connectivity index (χ4n) is 0.811. The highest BCUT2D eigenvalue weighted by atomic mass is 19.3. The first kappa shape index (κ1) is 15.8. The van der Waals surface area contributed by atoms with Crippen LogP contribution < -0.4 is 5.32 Å². The molecule has 0 spiro atoms. The SMILES string of the molecule is CCC(C)(C)C(=O)NCC(=O)OCC(C)(F)F. The van der Waals surface area contributed by atoms with Crippen molar-refractivity contribution in [1.82, 2.24) is 5.32 Å². The molecule has 17 heavy (non-hydrogen) atoms. The van der Waals surface area contributed by atoms with E-state index in [0.29, 0.717) is 13.3 Å². The van der Waals surface area contributed by atoms with Gasteiger partial charge in [0.25, 0.3) is 5.92 Å². The number of esters is 1. The highest BCUT2D eigenvalue weighted by Gasteiger charge is 2.27. The standard InChI is InChI=1S/C11H19F2NO3/c1-5-10(2,3)9(16)14-6-8(15)17-7-11(4,12)13/h5-7H2,1-4H3,(H,14,16). The maximum atomic E-state index is 12.4. The topological polar surface area (TPSA) is 55.4 Å². The summed E-state index contributed by atoms with van der Waals surface area (Å²) in [5.41, 5.74) is -0.588. The highest BCUT2D eigenvalue weighted by molar-refractivity contribution is 5.85. The minimum absolute atomic E-state index is 0.305. The summed E-state index contributed by atoms with van der Waals surface area (Å²) in [5, 5.41) is 2.35. The second-order valence-electron chi connectivity index (χ2n) is 4.65. The monoisotopic (exact) mass is 251 g/mol. The summed E-state index contributed by atoms with van der Waals surface area (Å²) in [6, 6.07) is 0. The molecule has 0 aromatic heterocycles. The van der Waals surface area contributed by atoms with E-state index in [0.717, 1.165) is 0 Å². The summed E-state index contributed by atoms with van der Waals surface area (Å²) in [6.07, 6.45) is 0.612. The normalized spacial score (nSPS) is 12.1. The Labute approximate surface area is 99.7 Å². The zero-order valence-corrected chi connectivity index (χ0v) is 10.6. The molecular weight excluding hydrogens is 232 g/mol. The number of hydrogen-bond acceptors (Lipinski definition) is 3. The summed E-state index contributed by atoms with van der Waals surface area (Å²) >= 11 is 0. The van der Waals surface area contributed by atoms with Gasteiger partial charge in [0, 0.05) is 12.3 Å². The third-order valence-electron chi connectivity index (χ3n) is 2.38. The number of halogens is 2. The molecule has 100 valence electrons. The summed E-state index contributed by atoms with van der Waals surface area (Å²) in [5.74, 6) is -4.23. The first-order chi connectivity index (χ1) is 7.58. The van der Waals surface area contributed by atoms with Crippen molar-refractivity contribution in [3.63, 3.8) is 0 Å². The first-order valence-electron chi connectivity index (χ1n) is 5.40. The van der Waals surface area contributed by atoms with E-state index in [1.165, 1.54) is 0 Å². The van der Waals surface area contributed by atoms with Crippen molar-refractivity contribution >= 4 is 11.9 Å². The molecule has 0 aliphatic rings. The molecule has 0 saturated carbocycles. The van der Waals surface area contributed by atoms with E-state index in [-0.39, 0.29) is 5.91 Å². The summed E-state index contributed by atoms with van der Waals surface area (Å²) in [6.45, 7) is 4.59. The lowest BCUT2D eigenvalue weighted by molar-refractivity contribution is -0.153. The van der Waals surface area contributed by atoms with E-state index in [2.05, 4.69) is 10.1 Å². The van der Waals surface area contributed by atoms with Gasteiger partial charge in [0.1, 0.15) is 6.54 Å². The van der Waals surface area contributed by atoms with Gasteiger partial charge in [0.05, 0.1) is 0 Å². The van der Waals surface area contributed by atoms with Crippen molar-refractivity contribution in [3.05, 3.63) is 0 Å². The van der Waals surface area contributed by atoms with E-state index in [4.69, 9.17) is 0 Å². The van der Waals surface area contributed by atoms with Crippen molar-refractivity contribution < 1.29 is 23.1 Å². The van der Waals surface area contributed by atoms with E-state index < -0.39 is 30.5 Å². The fraction of sp³-hybridized carbons (Fsp3) is 0.818. The van der Waals surface area contributed by atoms with Crippen molar-refractivity contribution in [2.24, 2.45) is 5.41 Å². The van der Waals surface area contributed by atoms with Crippen LogP contribution >= 0.6 is 0 Å². The quantitative estimate of drug-likeness (QED) is 0.731. The molecule has 1 amide bonds. The Kier molecular flexibility index (Phi) is 5.51. The van der Waals surface area contributed by atoms with Crippen LogP contribution in [0.2, 0.25) is 0 Å². The molecule has 0 aromatic carbocycles. The van der Waals surface area contributed by atoms with Crippen LogP contribution in [0.15, 0.2) is 0 Å². The van der Waals surface area contributed by atoms with Gasteiger partial charge in [0.15, 0.2) is 6.61 Å². The van der Waals surface area contributed by atoms with E-state index in [1.807, 2.05) is 6.92 Å². The molecule has 0 fully saturated rings. The number of rotatable bonds is 6. The Morgan fingerprint density at radius 3 is 2.18 bits per heavy atom. The van der Waals surface area contributed by atoms with Gasteiger partial charge in [0.2, 0.25) is 5.91 Å². The predicted octanol–water partition coefficient (Wildman–Crippen LogP) is 1.74. The molecular formula is C11H19F2NO3. The number of alkyl halides is 2. The Morgan fingerprint density at radius 1 is 1.24 bits per heavy atom. The van der Waals surface area contributed by atoms with Gasteiger partial charge < -0.3 is 10.1 Å². The number of amides is 1. The number of hydrogen-bond donors (Lipinski definition) is 1. The summed E-state index contributed by atoms with van der Waals surface area (Å²) < 4.78 is 29.0. The minimum Gasteiger partial charge on any atom is -0.458 e. The van der Waals surface area contributed by atoms with Crippen LogP contribution in [0.3, 0.4) is 0 Å². The first-order valence-corrected chi connectivity index (χ1v) is 5.40. The predicted molar refractivity (Wildman–Crippen MR) is 58.7 cm³/mol. The van der Waals surface area contributed by atoms with Crippen molar-refractivity contribution in [2.45, 2.75) is 40.0 Å². The van der Waals surface area contributed by atoms with Crippen molar-refractivity contribution in [3.8, 4) is 0 Å². The minimum atomic E-state index is -3.05. The van der Waals surface area contributed by atoms with Crippen LogP contribution in [-0.4, -0.2) is 31.0 Å². The molecule has 0 atom stereocenters. The average molecular weight is 251 g/mol. The molecule has 1 N–H and O–H groups in total. The van der Waals surface area contributed by atoms with Gasteiger partial charge in [-0.15, -0.1) is 0 Å². The van der Waals surface area contributed by atoms with Crippen LogP contribution in [-0.2, 0) is 14.3 Å². The lowest BCUT2D eigenvalue weighted by Gasteiger charge is -2.21. The zero-order chi connectivity index (χ0) is 13.7. The van der Waals surface area contributed by atoms with Crippen molar-refractivity contribution in [1.29, 1.82) is 0 Å². The third kappa shape index (κ3) is 6.86. The highest BCUT2D eigenvalue weighted by Crippen LogP contribution is 2.19. The van der Waals surface area contributed by atoms with Crippen molar-refractivity contribution in [2.75, 3.05) is 13.2 Å². The maximum absolute atomic E-state index is 12.4. The molecule has 0 radical (unpaired) electrons. The molecule has 0 bridgehead atoms. The number of nitrogens with one attached hydrogen (secondary N) is 1. The third-order valence-corrected chi connectivity index (χ3v) is 2.38. The molecule has 0 aromatic rings. The number of carbonyl (C=O) groups is 2. The van der Waals surface area contributed by atoms with Gasteiger partial charge in [-0.1, -0.05) is 20.8 Å². The van der Waals surface area contributed by atoms with Crippen LogP contribution in [0.5, 0.6) is 0 Å². The second kappa shape index (κ2) is 5.93. The molecule has 0 unspecified atom stereocenters. The van der Waals surface area contributed by atoms with Gasteiger partial charge in [-0.25, -0.2) is 8.78 Å². The Hall–Kier alpha value is -1.20. The van der Waals surface area contributed by atoms with E-state index in [9.17, 15) is 18.4 Å². The Bertz CT molecular complexity index is 285. The van der Waals surface area contributed by atoms with Crippen LogP contribution in [0.1, 0.15) is 34.1 Å². The summed E-state index contributed by atoms with van der Waals surface area (Å²) in [4.78, 5) is 22.6. The van der Waals surface area contributed by atoms with Gasteiger partial charge in [-0.3, -0.25) is 9.59 Å². The second-order valence-corrected chi connectivity index (χ2v) is 4.65. The maximum Gasteiger partial charge on any atom is 0.325 e. The molecule has 0 aliphatic carbocycles. The largest absolute Gasteiger partial charge is 0.458 e. The Morgan fingerprint density at radius 2 is 1.76 bits per heavy atom. The van der Waals surface area contributed by atoms with Gasteiger partial charge in [-0.2, -0.15) is 0 Å². The smallest absolute Gasteiger partial charge is 0.325 e. The number of ether oxygens (including phenoxy) is 1. The number of carbonyl (C=O) groups excluding carboxylic acids is 2. The van der Waals surface area contributed by atoms with Crippen LogP contribution in [0, 0.1) is 5.41 Å². The zero-order valence-electron chi connectivity index (χ0n) is 10.6. The van der Waals surface area contributed by atoms with E-state index >= 15 is 0 Å². The van der Waals surface area contributed by atoms with Crippen LogP contribution in [0.25, 0.3) is 0 Å². The molecule has 6 heteroatoms. The van der Waals surface area contributed by atoms with Crippen LogP contribution in [0.4, 0.5) is 8.78 Å². The molecule has 0 aliphatic heterocycles. The molecule has 0 heterocycles. The lowest BCUT2D eigenvalue weighted by Crippen LogP contribution is -2.40. The molecule has 4 nitrogen and oxygen atoms in total. The molecule has 0 saturated heterocycles. The Balaban J connectivity index is 3.97. The lowest BCUT2D eigenvalue weighted by atomic mass is 9.89. The van der Waals surface area contributed by atoms with E-state index in [1.54, 1.807) is 13.8 Å². The summed E-state index contributed by atoms with van der Waals surface area (Å²) in [7, 11) is 0. The van der Waals surface area contributed by atoms with Gasteiger partial charge in [-0.05, 0) is 6.42 Å². The fourth-order valence-corrected chi connectivity index (χ4v) is 0.811.